The van der Waals surface area contributed by atoms with Gasteiger partial charge in [0.05, 0.1) is 11.3 Å². The molecule has 0 saturated heterocycles. The van der Waals surface area contributed by atoms with Crippen molar-refractivity contribution in [2.24, 2.45) is 0 Å². The van der Waals surface area contributed by atoms with Crippen molar-refractivity contribution in [1.82, 2.24) is 4.57 Å². The van der Waals surface area contributed by atoms with Gasteiger partial charge in [0.2, 0.25) is 0 Å². The molecule has 4 aromatic rings. The van der Waals surface area contributed by atoms with Gasteiger partial charge in [-0.05, 0) is 41.1 Å². The maximum Gasteiger partial charge on any atom is 0.416 e. The summed E-state index contributed by atoms with van der Waals surface area (Å²) in [4.78, 5) is 26.2. The van der Waals surface area contributed by atoms with E-state index in [9.17, 15) is 22.8 Å². The molecule has 1 heterocycles. The van der Waals surface area contributed by atoms with E-state index in [4.69, 9.17) is 0 Å². The summed E-state index contributed by atoms with van der Waals surface area (Å²) in [6.45, 7) is 0. The van der Waals surface area contributed by atoms with E-state index in [1.807, 2.05) is 0 Å². The molecule has 0 amide bonds. The summed E-state index contributed by atoms with van der Waals surface area (Å²) >= 11 is 0. The number of rotatable bonds is 1. The summed E-state index contributed by atoms with van der Waals surface area (Å²) < 4.78 is 40.1. The van der Waals surface area contributed by atoms with Crippen molar-refractivity contribution in [1.29, 1.82) is 0 Å². The highest BCUT2D eigenvalue weighted by molar-refractivity contribution is 6.05. The number of aromatic nitrogens is 1. The number of hydrogen-bond acceptors (Lipinski definition) is 2. The molecule has 0 N–H and O–H groups in total. The summed E-state index contributed by atoms with van der Waals surface area (Å²) in [5.41, 5.74) is -2.37. The van der Waals surface area contributed by atoms with Gasteiger partial charge in [0.25, 0.3) is 11.1 Å². The van der Waals surface area contributed by atoms with E-state index in [0.29, 0.717) is 10.8 Å². The van der Waals surface area contributed by atoms with Gasteiger partial charge in [-0.25, -0.2) is 4.57 Å². The molecule has 6 heteroatoms. The second kappa shape index (κ2) is 6.09. The fourth-order valence-corrected chi connectivity index (χ4v) is 3.20. The summed E-state index contributed by atoms with van der Waals surface area (Å²) in [5, 5.41) is 1.66. The first kappa shape index (κ1) is 17.0. The van der Waals surface area contributed by atoms with E-state index >= 15 is 0 Å². The molecule has 3 nitrogen and oxygen atoms in total. The second-order valence-corrected chi connectivity index (χ2v) is 6.08. The van der Waals surface area contributed by atoms with Crippen LogP contribution in [0.3, 0.4) is 0 Å². The Morgan fingerprint density at radius 2 is 1.11 bits per heavy atom. The van der Waals surface area contributed by atoms with Crippen LogP contribution in [0.2, 0.25) is 0 Å². The molecule has 0 spiro atoms. The quantitative estimate of drug-likeness (QED) is 0.496. The minimum Gasteiger partial charge on any atom is -0.268 e. The maximum absolute atomic E-state index is 13.1. The van der Waals surface area contributed by atoms with Crippen LogP contribution in [0.1, 0.15) is 5.56 Å². The summed E-state index contributed by atoms with van der Waals surface area (Å²) in [5.74, 6) is 0. The molecule has 0 aliphatic rings. The van der Waals surface area contributed by atoms with Crippen LogP contribution >= 0.6 is 0 Å². The lowest BCUT2D eigenvalue weighted by Gasteiger charge is -2.09. The Morgan fingerprint density at radius 3 is 1.59 bits per heavy atom. The van der Waals surface area contributed by atoms with Crippen LogP contribution in [0, 0.1) is 0 Å². The first-order chi connectivity index (χ1) is 12.9. The molecular formula is C21H12F3NO2. The Labute approximate surface area is 150 Å². The summed E-state index contributed by atoms with van der Waals surface area (Å²) in [6.07, 6.45) is -4.58. The van der Waals surface area contributed by atoms with Gasteiger partial charge in [-0.15, -0.1) is 0 Å². The molecule has 0 bridgehead atoms. The van der Waals surface area contributed by atoms with Crippen LogP contribution in [0.15, 0.2) is 82.4 Å². The predicted molar refractivity (Wildman–Crippen MR) is 98.3 cm³/mol. The van der Waals surface area contributed by atoms with Gasteiger partial charge >= 0.3 is 6.18 Å². The first-order valence-electron chi connectivity index (χ1n) is 8.12. The minimum absolute atomic E-state index is 0.119. The zero-order valence-corrected chi connectivity index (χ0v) is 13.8. The predicted octanol–water partition coefficient (Wildman–Crippen LogP) is 4.52. The van der Waals surface area contributed by atoms with Crippen LogP contribution in [0.25, 0.3) is 27.2 Å². The number of halogens is 3. The zero-order valence-electron chi connectivity index (χ0n) is 13.8. The average molecular weight is 367 g/mol. The molecule has 0 unspecified atom stereocenters. The van der Waals surface area contributed by atoms with E-state index in [0.717, 1.165) is 16.7 Å². The Kier molecular flexibility index (Phi) is 3.84. The van der Waals surface area contributed by atoms with Gasteiger partial charge in [-0.3, -0.25) is 9.59 Å². The molecule has 3 aromatic carbocycles. The standard InChI is InChI=1S/C21H12F3NO2/c22-21(23,24)13-6-5-7-14(12-13)25-19(26)17-10-3-1-8-15(17)16-9-2-4-11-18(16)20(25)27/h1-12H. The highest BCUT2D eigenvalue weighted by atomic mass is 19.4. The van der Waals surface area contributed by atoms with Crippen molar-refractivity contribution in [3.8, 4) is 5.69 Å². The third-order valence-corrected chi connectivity index (χ3v) is 4.44. The molecule has 0 aliphatic carbocycles. The number of alkyl halides is 3. The van der Waals surface area contributed by atoms with Gasteiger partial charge in [-0.2, -0.15) is 13.2 Å². The molecule has 0 fully saturated rings. The lowest BCUT2D eigenvalue weighted by molar-refractivity contribution is -0.137. The number of nitrogens with zero attached hydrogens (tertiary/aromatic N) is 1. The van der Waals surface area contributed by atoms with E-state index in [1.54, 1.807) is 48.5 Å². The molecule has 27 heavy (non-hydrogen) atoms. The second-order valence-electron chi connectivity index (χ2n) is 6.08. The number of hydrogen-bond donors (Lipinski definition) is 0. The topological polar surface area (TPSA) is 39.1 Å². The lowest BCUT2D eigenvalue weighted by Crippen LogP contribution is -2.28. The molecule has 4 rings (SSSR count). The molecular weight excluding hydrogens is 355 g/mol. The SMILES string of the molecule is O=c1c2ccccc2c2ccccc2c(=O)n1-c1cccc(C(F)(F)F)c1. The van der Waals surface area contributed by atoms with Crippen LogP contribution in [0.5, 0.6) is 0 Å². The van der Waals surface area contributed by atoms with Gasteiger partial charge in [-0.1, -0.05) is 42.5 Å². The molecule has 1 aromatic heterocycles. The lowest BCUT2D eigenvalue weighted by atomic mass is 10.1. The van der Waals surface area contributed by atoms with E-state index in [-0.39, 0.29) is 16.5 Å². The maximum atomic E-state index is 13.1. The Bertz CT molecular complexity index is 1230. The van der Waals surface area contributed by atoms with Gasteiger partial charge in [0.15, 0.2) is 0 Å². The largest absolute Gasteiger partial charge is 0.416 e. The Morgan fingerprint density at radius 1 is 0.630 bits per heavy atom. The number of benzene rings is 3. The van der Waals surface area contributed by atoms with Crippen molar-refractivity contribution in [2.75, 3.05) is 0 Å². The highest BCUT2D eigenvalue weighted by Gasteiger charge is 2.30. The van der Waals surface area contributed by atoms with Crippen molar-refractivity contribution in [2.45, 2.75) is 6.18 Å². The third-order valence-electron chi connectivity index (χ3n) is 4.44. The Balaban J connectivity index is 2.23. The van der Waals surface area contributed by atoms with Crippen molar-refractivity contribution >= 4 is 21.5 Å². The number of fused-ring (bicyclic) bond motifs is 3. The fraction of sp³-hybridized carbons (Fsp3) is 0.0476. The zero-order chi connectivity index (χ0) is 19.2. The van der Waals surface area contributed by atoms with Crippen LogP contribution in [-0.2, 0) is 6.18 Å². The van der Waals surface area contributed by atoms with Gasteiger partial charge < -0.3 is 0 Å². The van der Waals surface area contributed by atoms with Crippen molar-refractivity contribution < 1.29 is 13.2 Å². The normalized spacial score (nSPS) is 11.8. The molecule has 0 aliphatic heterocycles. The van der Waals surface area contributed by atoms with Crippen LogP contribution in [0.4, 0.5) is 13.2 Å². The van der Waals surface area contributed by atoms with E-state index < -0.39 is 22.9 Å². The molecule has 134 valence electrons. The summed E-state index contributed by atoms with van der Waals surface area (Å²) in [6, 6.07) is 17.6. The highest BCUT2D eigenvalue weighted by Crippen LogP contribution is 2.30. The molecule has 0 atom stereocenters. The van der Waals surface area contributed by atoms with Crippen molar-refractivity contribution in [3.63, 3.8) is 0 Å². The molecule has 0 saturated carbocycles. The van der Waals surface area contributed by atoms with Crippen molar-refractivity contribution in [3.05, 3.63) is 99.1 Å². The monoisotopic (exact) mass is 367 g/mol. The Hall–Kier alpha value is -3.41. The van der Waals surface area contributed by atoms with Gasteiger partial charge in [0, 0.05) is 10.8 Å². The minimum atomic E-state index is -4.58. The summed E-state index contributed by atoms with van der Waals surface area (Å²) in [7, 11) is 0. The van der Waals surface area contributed by atoms with Gasteiger partial charge in [0.1, 0.15) is 0 Å². The molecule has 0 radical (unpaired) electrons. The van der Waals surface area contributed by atoms with E-state index in [2.05, 4.69) is 0 Å². The van der Waals surface area contributed by atoms with Crippen LogP contribution < -0.4 is 11.1 Å². The third kappa shape index (κ3) is 2.79. The first-order valence-corrected chi connectivity index (χ1v) is 8.12. The van der Waals surface area contributed by atoms with E-state index in [1.165, 1.54) is 12.1 Å². The smallest absolute Gasteiger partial charge is 0.268 e. The fourth-order valence-electron chi connectivity index (χ4n) is 3.20. The average Bonchev–Trinajstić information content (AvgIpc) is 2.76. The van der Waals surface area contributed by atoms with Crippen LogP contribution in [-0.4, -0.2) is 4.57 Å².